The smallest absolute Gasteiger partial charge is 0.0420 e. The van der Waals surface area contributed by atoms with Crippen molar-refractivity contribution in [3.05, 3.63) is 28.6 Å². The topological polar surface area (TPSA) is 27.8 Å². The van der Waals surface area contributed by atoms with Crippen molar-refractivity contribution in [2.45, 2.75) is 44.6 Å². The zero-order valence-corrected chi connectivity index (χ0v) is 10.5. The van der Waals surface area contributed by atoms with Gasteiger partial charge in [0, 0.05) is 23.3 Å². The molecule has 1 unspecified atom stereocenters. The van der Waals surface area contributed by atoms with E-state index in [1.807, 2.05) is 0 Å². The maximum atomic E-state index is 3.64. The molecule has 0 saturated heterocycles. The number of aromatic amines is 1. The van der Waals surface area contributed by atoms with Gasteiger partial charge in [-0.05, 0) is 55.3 Å². The first kappa shape index (κ1) is 9.95. The second kappa shape index (κ2) is 3.26. The number of allylic oxidation sites excluding steroid dienone is 1. The summed E-state index contributed by atoms with van der Waals surface area (Å²) in [5.41, 5.74) is 6.57. The number of rotatable bonds is 1. The van der Waals surface area contributed by atoms with Gasteiger partial charge in [-0.3, -0.25) is 0 Å². The van der Waals surface area contributed by atoms with Crippen molar-refractivity contribution in [3.8, 4) is 0 Å². The minimum absolute atomic E-state index is 0.422. The molecule has 0 bridgehead atoms. The van der Waals surface area contributed by atoms with Gasteiger partial charge in [0.1, 0.15) is 0 Å². The van der Waals surface area contributed by atoms with Crippen molar-refractivity contribution in [1.82, 2.24) is 10.3 Å². The molecule has 2 aliphatic carbocycles. The van der Waals surface area contributed by atoms with Gasteiger partial charge in [0.2, 0.25) is 0 Å². The Bertz CT molecular complexity index is 493. The fraction of sp³-hybridized carbons (Fsp3) is 0.600. The molecule has 17 heavy (non-hydrogen) atoms. The minimum Gasteiger partial charge on any atom is -0.357 e. The molecule has 1 atom stereocenters. The van der Waals surface area contributed by atoms with Crippen LogP contribution in [0.5, 0.6) is 0 Å². The number of nitrogens with one attached hydrogen (secondary N) is 2. The van der Waals surface area contributed by atoms with Crippen LogP contribution in [-0.4, -0.2) is 11.5 Å². The number of aromatic nitrogens is 1. The third-order valence-electron chi connectivity index (χ3n) is 4.95. The van der Waals surface area contributed by atoms with Crippen LogP contribution in [0.15, 0.2) is 6.08 Å². The molecule has 3 aliphatic rings. The lowest BCUT2D eigenvalue weighted by molar-refractivity contribution is 0.406. The van der Waals surface area contributed by atoms with Crippen molar-refractivity contribution < 1.29 is 0 Å². The highest BCUT2D eigenvalue weighted by Gasteiger charge is 2.46. The molecule has 4 rings (SSSR count). The van der Waals surface area contributed by atoms with Crippen LogP contribution in [0.4, 0.5) is 0 Å². The Morgan fingerprint density at radius 2 is 2.24 bits per heavy atom. The van der Waals surface area contributed by atoms with Gasteiger partial charge in [-0.2, -0.15) is 0 Å². The molecule has 1 saturated carbocycles. The standard InChI is InChI=1S/C15H20N2/c1-15(10-4-5-10)7-2-3-12-14(15)11-6-8-16-9-13(11)17-12/h2-3,10,16-17H,4-9H2,1H3. The second-order valence-corrected chi connectivity index (χ2v) is 6.10. The van der Waals surface area contributed by atoms with Crippen molar-refractivity contribution in [3.63, 3.8) is 0 Å². The van der Waals surface area contributed by atoms with E-state index in [9.17, 15) is 0 Å². The minimum atomic E-state index is 0.422. The monoisotopic (exact) mass is 228 g/mol. The maximum absolute atomic E-state index is 3.64. The van der Waals surface area contributed by atoms with E-state index in [0.29, 0.717) is 5.41 Å². The highest BCUT2D eigenvalue weighted by atomic mass is 14.9. The van der Waals surface area contributed by atoms with Crippen molar-refractivity contribution in [2.24, 2.45) is 5.92 Å². The third-order valence-corrected chi connectivity index (χ3v) is 4.95. The van der Waals surface area contributed by atoms with Gasteiger partial charge >= 0.3 is 0 Å². The molecule has 90 valence electrons. The summed E-state index contributed by atoms with van der Waals surface area (Å²) in [6.45, 7) is 4.65. The molecule has 1 aromatic heterocycles. The molecule has 2 heteroatoms. The highest BCUT2D eigenvalue weighted by molar-refractivity contribution is 5.61. The average molecular weight is 228 g/mol. The Kier molecular flexibility index (Phi) is 1.91. The van der Waals surface area contributed by atoms with Crippen LogP contribution in [0, 0.1) is 5.92 Å². The second-order valence-electron chi connectivity index (χ2n) is 6.10. The summed E-state index contributed by atoms with van der Waals surface area (Å²) in [6.07, 6.45) is 9.98. The van der Waals surface area contributed by atoms with E-state index >= 15 is 0 Å². The van der Waals surface area contributed by atoms with Gasteiger partial charge in [0.05, 0.1) is 0 Å². The summed E-state index contributed by atoms with van der Waals surface area (Å²) in [4.78, 5) is 3.64. The van der Waals surface area contributed by atoms with E-state index in [2.05, 4.69) is 29.4 Å². The highest BCUT2D eigenvalue weighted by Crippen LogP contribution is 2.53. The van der Waals surface area contributed by atoms with Crippen molar-refractivity contribution in [1.29, 1.82) is 0 Å². The molecule has 1 aliphatic heterocycles. The lowest BCUT2D eigenvalue weighted by atomic mass is 9.70. The van der Waals surface area contributed by atoms with E-state index in [-0.39, 0.29) is 0 Å². The molecule has 0 amide bonds. The Labute approximate surface area is 102 Å². The van der Waals surface area contributed by atoms with Crippen LogP contribution < -0.4 is 5.32 Å². The summed E-state index contributed by atoms with van der Waals surface area (Å²) in [6, 6.07) is 0. The molecule has 2 heterocycles. The Hall–Kier alpha value is -1.02. The summed E-state index contributed by atoms with van der Waals surface area (Å²) < 4.78 is 0. The number of fused-ring (bicyclic) bond motifs is 3. The molecular formula is C15H20N2. The normalized spacial score (nSPS) is 31.1. The van der Waals surface area contributed by atoms with Gasteiger partial charge in [0.15, 0.2) is 0 Å². The Morgan fingerprint density at radius 3 is 3.06 bits per heavy atom. The molecule has 0 radical (unpaired) electrons. The molecule has 2 nitrogen and oxygen atoms in total. The predicted molar refractivity (Wildman–Crippen MR) is 69.9 cm³/mol. The van der Waals surface area contributed by atoms with Crippen LogP contribution in [0.2, 0.25) is 0 Å². The first-order chi connectivity index (χ1) is 8.29. The van der Waals surface area contributed by atoms with Crippen LogP contribution in [0.3, 0.4) is 0 Å². The van der Waals surface area contributed by atoms with E-state index in [1.54, 1.807) is 11.1 Å². The first-order valence-electron chi connectivity index (χ1n) is 6.90. The number of hydrogen-bond acceptors (Lipinski definition) is 1. The fourth-order valence-electron chi connectivity index (χ4n) is 3.86. The molecule has 1 aromatic rings. The zero-order valence-electron chi connectivity index (χ0n) is 10.5. The lowest BCUT2D eigenvalue weighted by Gasteiger charge is -2.33. The van der Waals surface area contributed by atoms with Gasteiger partial charge in [0.25, 0.3) is 0 Å². The van der Waals surface area contributed by atoms with Crippen molar-refractivity contribution >= 4 is 6.08 Å². The van der Waals surface area contributed by atoms with E-state index in [0.717, 1.165) is 19.0 Å². The van der Waals surface area contributed by atoms with E-state index in [1.165, 1.54) is 37.1 Å². The lowest BCUT2D eigenvalue weighted by Crippen LogP contribution is -2.30. The van der Waals surface area contributed by atoms with Gasteiger partial charge in [-0.1, -0.05) is 13.0 Å². The first-order valence-corrected chi connectivity index (χ1v) is 6.90. The third kappa shape index (κ3) is 1.30. The average Bonchev–Trinajstić information content (AvgIpc) is 3.11. The SMILES string of the molecule is CC1(C2CC2)CC=Cc2[nH]c3c(c21)CCNC3. The molecule has 0 aromatic carbocycles. The number of hydrogen-bond donors (Lipinski definition) is 2. The molecule has 2 N–H and O–H groups in total. The Balaban J connectivity index is 1.91. The molecular weight excluding hydrogens is 208 g/mol. The van der Waals surface area contributed by atoms with E-state index < -0.39 is 0 Å². The van der Waals surface area contributed by atoms with Gasteiger partial charge in [-0.15, -0.1) is 0 Å². The fourth-order valence-corrected chi connectivity index (χ4v) is 3.86. The van der Waals surface area contributed by atoms with Crippen molar-refractivity contribution in [2.75, 3.05) is 6.54 Å². The zero-order chi connectivity index (χ0) is 11.5. The Morgan fingerprint density at radius 1 is 1.35 bits per heavy atom. The summed E-state index contributed by atoms with van der Waals surface area (Å²) in [7, 11) is 0. The van der Waals surface area contributed by atoms with Crippen LogP contribution in [-0.2, 0) is 18.4 Å². The predicted octanol–water partition coefficient (Wildman–Crippen LogP) is 2.75. The molecule has 1 fully saturated rings. The van der Waals surface area contributed by atoms with E-state index in [4.69, 9.17) is 0 Å². The largest absolute Gasteiger partial charge is 0.357 e. The molecule has 0 spiro atoms. The maximum Gasteiger partial charge on any atom is 0.0420 e. The van der Waals surface area contributed by atoms with Gasteiger partial charge < -0.3 is 10.3 Å². The summed E-state index contributed by atoms with van der Waals surface area (Å²) in [5, 5.41) is 3.47. The van der Waals surface area contributed by atoms with Gasteiger partial charge in [-0.25, -0.2) is 0 Å². The summed E-state index contributed by atoms with van der Waals surface area (Å²) in [5.74, 6) is 0.931. The van der Waals surface area contributed by atoms with Crippen LogP contribution >= 0.6 is 0 Å². The van der Waals surface area contributed by atoms with Crippen LogP contribution in [0.25, 0.3) is 6.08 Å². The summed E-state index contributed by atoms with van der Waals surface area (Å²) >= 11 is 0. The number of H-pyrrole nitrogens is 1. The van der Waals surface area contributed by atoms with Crippen LogP contribution in [0.1, 0.15) is 48.7 Å². The quantitative estimate of drug-likeness (QED) is 0.760.